The first-order valence-electron chi connectivity index (χ1n) is 16.0. The van der Waals surface area contributed by atoms with E-state index in [-0.39, 0.29) is 0 Å². The lowest BCUT2D eigenvalue weighted by Crippen LogP contribution is -2.28. The van der Waals surface area contributed by atoms with E-state index < -0.39 is 5.41 Å². The van der Waals surface area contributed by atoms with Crippen LogP contribution < -0.4 is 0 Å². The molecule has 8 rings (SSSR count). The predicted octanol–water partition coefficient (Wildman–Crippen LogP) is 10.6. The van der Waals surface area contributed by atoms with Crippen LogP contribution in [0.3, 0.4) is 0 Å². The Morgan fingerprint density at radius 1 is 0.500 bits per heavy atom. The van der Waals surface area contributed by atoms with E-state index in [0.29, 0.717) is 17.7 Å². The highest BCUT2D eigenvalue weighted by molar-refractivity contribution is 5.86. The Morgan fingerprint density at radius 3 is 1.67 bits per heavy atom. The van der Waals surface area contributed by atoms with E-state index in [4.69, 9.17) is 4.42 Å². The number of hydrogen-bond acceptors (Lipinski definition) is 3. The first kappa shape index (κ1) is 28.0. The Balaban J connectivity index is 1.23. The van der Waals surface area contributed by atoms with Gasteiger partial charge in [-0.2, -0.15) is 0 Å². The summed E-state index contributed by atoms with van der Waals surface area (Å²) in [6.45, 7) is 4.56. The fraction of sp³-hybridized carbons (Fsp3) is 0.116. The molecule has 0 unspecified atom stereocenters. The SMILES string of the molecule is CC(C)Cc1ccc(C2(c3cccc(-c4ccc(-c5nnc(-c6ccccc6)o5)cc4)c3)c3ccccc3-c3ccccc32)cc1. The number of fused-ring (bicyclic) bond motifs is 3. The summed E-state index contributed by atoms with van der Waals surface area (Å²) >= 11 is 0. The fourth-order valence-corrected chi connectivity index (χ4v) is 7.16. The summed E-state index contributed by atoms with van der Waals surface area (Å²) in [5, 5.41) is 8.60. The minimum absolute atomic E-state index is 0.433. The van der Waals surface area contributed by atoms with Crippen LogP contribution in [0.25, 0.3) is 45.2 Å². The highest BCUT2D eigenvalue weighted by Crippen LogP contribution is 2.56. The van der Waals surface area contributed by atoms with Gasteiger partial charge < -0.3 is 4.42 Å². The zero-order valence-electron chi connectivity index (χ0n) is 26.0. The number of rotatable bonds is 7. The van der Waals surface area contributed by atoms with Gasteiger partial charge in [-0.1, -0.05) is 135 Å². The van der Waals surface area contributed by atoms with Gasteiger partial charge >= 0.3 is 0 Å². The molecular weight excluding hydrogens is 560 g/mol. The van der Waals surface area contributed by atoms with E-state index in [0.717, 1.165) is 28.7 Å². The van der Waals surface area contributed by atoms with Gasteiger partial charge in [-0.25, -0.2) is 0 Å². The standard InChI is InChI=1S/C43H34N2O/c1-29(2)27-30-19-25-35(26-20-30)43(39-17-8-6-15-37(39)38-16-7-9-18-40(38)43)36-14-10-13-34(28-36)31-21-23-33(24-22-31)42-45-44-41(46-42)32-11-4-3-5-12-32/h3-26,28-29H,27H2,1-2H3. The average molecular weight is 595 g/mol. The summed E-state index contributed by atoms with van der Waals surface area (Å²) in [6.07, 6.45) is 1.07. The number of benzene rings is 6. The third-order valence-corrected chi connectivity index (χ3v) is 9.19. The first-order valence-corrected chi connectivity index (χ1v) is 16.0. The van der Waals surface area contributed by atoms with Crippen LogP contribution in [0.5, 0.6) is 0 Å². The molecule has 3 nitrogen and oxygen atoms in total. The molecule has 1 heterocycles. The Bertz CT molecular complexity index is 2100. The summed E-state index contributed by atoms with van der Waals surface area (Å²) in [5.74, 6) is 1.65. The molecule has 0 amide bonds. The molecule has 0 saturated carbocycles. The summed E-state index contributed by atoms with van der Waals surface area (Å²) in [6, 6.07) is 54.5. The van der Waals surface area contributed by atoms with Crippen molar-refractivity contribution in [1.82, 2.24) is 10.2 Å². The molecule has 1 aromatic heterocycles. The largest absolute Gasteiger partial charge is 0.416 e. The first-order chi connectivity index (χ1) is 22.6. The van der Waals surface area contributed by atoms with Gasteiger partial charge in [0.15, 0.2) is 0 Å². The second kappa shape index (κ2) is 11.4. The quantitative estimate of drug-likeness (QED) is 0.184. The van der Waals surface area contributed by atoms with Crippen LogP contribution in [0, 0.1) is 5.92 Å². The Labute approximate surface area is 270 Å². The van der Waals surface area contributed by atoms with E-state index in [9.17, 15) is 0 Å². The van der Waals surface area contributed by atoms with Crippen molar-refractivity contribution in [2.24, 2.45) is 5.92 Å². The molecule has 1 aliphatic rings. The zero-order valence-corrected chi connectivity index (χ0v) is 26.0. The van der Waals surface area contributed by atoms with E-state index >= 15 is 0 Å². The highest BCUT2D eigenvalue weighted by atomic mass is 16.4. The van der Waals surface area contributed by atoms with Crippen LogP contribution in [-0.2, 0) is 11.8 Å². The van der Waals surface area contributed by atoms with Crippen LogP contribution in [-0.4, -0.2) is 10.2 Å². The maximum atomic E-state index is 6.02. The summed E-state index contributed by atoms with van der Waals surface area (Å²) in [4.78, 5) is 0. The molecule has 6 aromatic carbocycles. The van der Waals surface area contributed by atoms with Crippen LogP contribution in [0.1, 0.15) is 41.7 Å². The average Bonchev–Trinajstić information content (AvgIpc) is 3.72. The van der Waals surface area contributed by atoms with Crippen molar-refractivity contribution in [1.29, 1.82) is 0 Å². The fourth-order valence-electron chi connectivity index (χ4n) is 7.16. The van der Waals surface area contributed by atoms with Gasteiger partial charge in [-0.15, -0.1) is 10.2 Å². The van der Waals surface area contributed by atoms with Gasteiger partial charge in [0, 0.05) is 11.1 Å². The molecule has 1 aliphatic carbocycles. The maximum absolute atomic E-state index is 6.02. The van der Waals surface area contributed by atoms with Crippen molar-refractivity contribution in [2.75, 3.05) is 0 Å². The minimum atomic E-state index is -0.433. The number of hydrogen-bond donors (Lipinski definition) is 0. The Kier molecular flexibility index (Phi) is 6.95. The normalized spacial score (nSPS) is 13.0. The van der Waals surface area contributed by atoms with Crippen molar-refractivity contribution in [3.05, 3.63) is 179 Å². The van der Waals surface area contributed by atoms with Gasteiger partial charge in [-0.05, 0) is 92.7 Å². The summed E-state index contributed by atoms with van der Waals surface area (Å²) in [5.41, 5.74) is 12.8. The van der Waals surface area contributed by atoms with Crippen LogP contribution in [0.2, 0.25) is 0 Å². The highest BCUT2D eigenvalue weighted by Gasteiger charge is 2.45. The van der Waals surface area contributed by atoms with Crippen molar-refractivity contribution in [3.8, 4) is 45.2 Å². The molecule has 0 saturated heterocycles. The molecule has 46 heavy (non-hydrogen) atoms. The third-order valence-electron chi connectivity index (χ3n) is 9.19. The molecule has 0 spiro atoms. The van der Waals surface area contributed by atoms with E-state index in [1.54, 1.807) is 0 Å². The van der Waals surface area contributed by atoms with Crippen molar-refractivity contribution in [3.63, 3.8) is 0 Å². The Hall–Kier alpha value is -5.54. The second-order valence-corrected chi connectivity index (χ2v) is 12.6. The number of nitrogens with zero attached hydrogens (tertiary/aromatic N) is 2. The van der Waals surface area contributed by atoms with E-state index in [2.05, 4.69) is 145 Å². The topological polar surface area (TPSA) is 38.9 Å². The maximum Gasteiger partial charge on any atom is 0.248 e. The van der Waals surface area contributed by atoms with Crippen molar-refractivity contribution >= 4 is 0 Å². The molecule has 3 heteroatoms. The molecule has 7 aromatic rings. The summed E-state index contributed by atoms with van der Waals surface area (Å²) in [7, 11) is 0. The Morgan fingerprint density at radius 2 is 1.04 bits per heavy atom. The van der Waals surface area contributed by atoms with Gasteiger partial charge in [0.25, 0.3) is 0 Å². The lowest BCUT2D eigenvalue weighted by Gasteiger charge is -2.34. The zero-order chi connectivity index (χ0) is 31.1. The smallest absolute Gasteiger partial charge is 0.248 e. The van der Waals surface area contributed by atoms with Crippen LogP contribution in [0.4, 0.5) is 0 Å². The second-order valence-electron chi connectivity index (χ2n) is 12.6. The molecule has 0 radical (unpaired) electrons. The molecular formula is C43H34N2O. The lowest BCUT2D eigenvalue weighted by molar-refractivity contribution is 0.584. The molecule has 0 N–H and O–H groups in total. The van der Waals surface area contributed by atoms with E-state index in [1.165, 1.54) is 38.9 Å². The molecule has 0 aliphatic heterocycles. The molecule has 0 fully saturated rings. The molecule has 0 atom stereocenters. The van der Waals surface area contributed by atoms with Gasteiger partial charge in [-0.3, -0.25) is 0 Å². The van der Waals surface area contributed by atoms with Crippen LogP contribution >= 0.6 is 0 Å². The van der Waals surface area contributed by atoms with E-state index in [1.807, 2.05) is 30.3 Å². The minimum Gasteiger partial charge on any atom is -0.416 e. The predicted molar refractivity (Wildman–Crippen MR) is 186 cm³/mol. The molecule has 222 valence electrons. The van der Waals surface area contributed by atoms with Gasteiger partial charge in [0.1, 0.15) is 0 Å². The number of aromatic nitrogens is 2. The third kappa shape index (κ3) is 4.67. The summed E-state index contributed by atoms with van der Waals surface area (Å²) < 4.78 is 6.02. The molecule has 0 bridgehead atoms. The van der Waals surface area contributed by atoms with Gasteiger partial charge in [0.05, 0.1) is 5.41 Å². The van der Waals surface area contributed by atoms with Crippen molar-refractivity contribution < 1.29 is 4.42 Å². The van der Waals surface area contributed by atoms with Crippen molar-refractivity contribution in [2.45, 2.75) is 25.7 Å². The monoisotopic (exact) mass is 594 g/mol. The van der Waals surface area contributed by atoms with Gasteiger partial charge in [0.2, 0.25) is 11.8 Å². The lowest BCUT2D eigenvalue weighted by atomic mass is 9.67. The van der Waals surface area contributed by atoms with Crippen LogP contribution in [0.15, 0.2) is 156 Å².